The SMILES string of the molecule is CCN(CC(=O)Oc1cccc(C(N)=O)c1)c1ccccc1. The molecule has 0 saturated heterocycles. The summed E-state index contributed by atoms with van der Waals surface area (Å²) in [5, 5.41) is 0. The highest BCUT2D eigenvalue weighted by Crippen LogP contribution is 2.15. The van der Waals surface area contributed by atoms with Crippen molar-refractivity contribution in [3.8, 4) is 5.75 Å². The van der Waals surface area contributed by atoms with Gasteiger partial charge in [0, 0.05) is 17.8 Å². The van der Waals surface area contributed by atoms with E-state index in [2.05, 4.69) is 0 Å². The van der Waals surface area contributed by atoms with Gasteiger partial charge in [-0.3, -0.25) is 4.79 Å². The molecule has 0 fully saturated rings. The fraction of sp³-hybridized carbons (Fsp3) is 0.176. The van der Waals surface area contributed by atoms with Crippen LogP contribution in [0.3, 0.4) is 0 Å². The van der Waals surface area contributed by atoms with Gasteiger partial charge in [0.2, 0.25) is 5.91 Å². The molecule has 5 nitrogen and oxygen atoms in total. The monoisotopic (exact) mass is 298 g/mol. The van der Waals surface area contributed by atoms with E-state index in [0.29, 0.717) is 17.9 Å². The topological polar surface area (TPSA) is 72.6 Å². The summed E-state index contributed by atoms with van der Waals surface area (Å²) < 4.78 is 5.27. The first kappa shape index (κ1) is 15.6. The number of hydrogen-bond acceptors (Lipinski definition) is 4. The summed E-state index contributed by atoms with van der Waals surface area (Å²) in [6, 6.07) is 15.9. The number of nitrogens with zero attached hydrogens (tertiary/aromatic N) is 1. The van der Waals surface area contributed by atoms with E-state index in [0.717, 1.165) is 5.69 Å². The lowest BCUT2D eigenvalue weighted by Gasteiger charge is -2.21. The third-order valence-corrected chi connectivity index (χ3v) is 3.17. The molecule has 1 amide bonds. The Labute approximate surface area is 129 Å². The zero-order valence-electron chi connectivity index (χ0n) is 12.4. The molecule has 114 valence electrons. The Kier molecular flexibility index (Phi) is 5.14. The number of benzene rings is 2. The third-order valence-electron chi connectivity index (χ3n) is 3.17. The number of para-hydroxylation sites is 1. The van der Waals surface area contributed by atoms with Crippen LogP contribution in [0.5, 0.6) is 5.75 Å². The lowest BCUT2D eigenvalue weighted by atomic mass is 10.2. The van der Waals surface area contributed by atoms with Crippen molar-refractivity contribution in [3.63, 3.8) is 0 Å². The Balaban J connectivity index is 2.03. The Morgan fingerprint density at radius 1 is 1.09 bits per heavy atom. The molecule has 0 aliphatic rings. The number of esters is 1. The summed E-state index contributed by atoms with van der Waals surface area (Å²) in [5.74, 6) is -0.643. The fourth-order valence-electron chi connectivity index (χ4n) is 2.06. The highest BCUT2D eigenvalue weighted by Gasteiger charge is 2.12. The van der Waals surface area contributed by atoms with Gasteiger partial charge in [-0.15, -0.1) is 0 Å². The summed E-state index contributed by atoms with van der Waals surface area (Å²) >= 11 is 0. The van der Waals surface area contributed by atoms with Crippen molar-refractivity contribution in [1.29, 1.82) is 0 Å². The lowest BCUT2D eigenvalue weighted by Crippen LogP contribution is -2.32. The molecule has 0 atom stereocenters. The van der Waals surface area contributed by atoms with Crippen molar-refractivity contribution in [1.82, 2.24) is 0 Å². The van der Waals surface area contributed by atoms with E-state index >= 15 is 0 Å². The first-order valence-electron chi connectivity index (χ1n) is 7.00. The molecule has 2 N–H and O–H groups in total. The van der Waals surface area contributed by atoms with Crippen LogP contribution < -0.4 is 15.4 Å². The summed E-state index contributed by atoms with van der Waals surface area (Å²) in [5.41, 5.74) is 6.46. The van der Waals surface area contributed by atoms with Gasteiger partial charge in [0.1, 0.15) is 12.3 Å². The second-order valence-corrected chi connectivity index (χ2v) is 4.72. The average Bonchev–Trinajstić information content (AvgIpc) is 2.53. The molecule has 0 aromatic heterocycles. The van der Waals surface area contributed by atoms with Crippen LogP contribution in [-0.2, 0) is 4.79 Å². The van der Waals surface area contributed by atoms with Crippen molar-refractivity contribution in [3.05, 3.63) is 60.2 Å². The molecule has 0 radical (unpaired) electrons. The number of anilines is 1. The van der Waals surface area contributed by atoms with Gasteiger partial charge >= 0.3 is 5.97 Å². The molecule has 0 aliphatic carbocycles. The molecular weight excluding hydrogens is 280 g/mol. The molecule has 0 bridgehead atoms. The van der Waals surface area contributed by atoms with Crippen molar-refractivity contribution in [2.24, 2.45) is 5.73 Å². The molecule has 2 aromatic carbocycles. The zero-order valence-corrected chi connectivity index (χ0v) is 12.4. The minimum atomic E-state index is -0.558. The van der Waals surface area contributed by atoms with E-state index in [4.69, 9.17) is 10.5 Å². The summed E-state index contributed by atoms with van der Waals surface area (Å²) in [6.45, 7) is 2.77. The maximum atomic E-state index is 12.1. The molecule has 5 heteroatoms. The van der Waals surface area contributed by atoms with Crippen LogP contribution in [0.2, 0.25) is 0 Å². The molecule has 2 aromatic rings. The molecule has 2 rings (SSSR count). The maximum absolute atomic E-state index is 12.1. The van der Waals surface area contributed by atoms with Crippen LogP contribution in [0.1, 0.15) is 17.3 Å². The molecule has 0 spiro atoms. The highest BCUT2D eigenvalue weighted by atomic mass is 16.5. The van der Waals surface area contributed by atoms with Crippen LogP contribution in [-0.4, -0.2) is 25.0 Å². The van der Waals surface area contributed by atoms with Crippen LogP contribution in [0.25, 0.3) is 0 Å². The van der Waals surface area contributed by atoms with Crippen LogP contribution in [0.15, 0.2) is 54.6 Å². The van der Waals surface area contributed by atoms with Gasteiger partial charge in [-0.2, -0.15) is 0 Å². The quantitative estimate of drug-likeness (QED) is 0.655. The van der Waals surface area contributed by atoms with Gasteiger partial charge in [-0.05, 0) is 37.3 Å². The number of carbonyl (C=O) groups is 2. The number of ether oxygens (including phenoxy) is 1. The molecule has 0 unspecified atom stereocenters. The Hall–Kier alpha value is -2.82. The lowest BCUT2D eigenvalue weighted by molar-refractivity contribution is -0.132. The highest BCUT2D eigenvalue weighted by molar-refractivity contribution is 5.93. The number of rotatable bonds is 6. The standard InChI is InChI=1S/C17H18N2O3/c1-2-19(14-8-4-3-5-9-14)12-16(20)22-15-10-6-7-13(11-15)17(18)21/h3-11H,2,12H2,1H3,(H2,18,21). The largest absolute Gasteiger partial charge is 0.425 e. The Bertz CT molecular complexity index is 656. The smallest absolute Gasteiger partial charge is 0.330 e. The van der Waals surface area contributed by atoms with E-state index in [1.165, 1.54) is 6.07 Å². The first-order chi connectivity index (χ1) is 10.6. The maximum Gasteiger partial charge on any atom is 0.330 e. The minimum absolute atomic E-state index is 0.126. The second kappa shape index (κ2) is 7.26. The van der Waals surface area contributed by atoms with E-state index in [1.54, 1.807) is 18.2 Å². The van der Waals surface area contributed by atoms with Crippen molar-refractivity contribution < 1.29 is 14.3 Å². The number of likely N-dealkylation sites (N-methyl/N-ethyl adjacent to an activating group) is 1. The van der Waals surface area contributed by atoms with E-state index in [9.17, 15) is 9.59 Å². The van der Waals surface area contributed by atoms with Gasteiger partial charge in [-0.1, -0.05) is 24.3 Å². The van der Waals surface area contributed by atoms with Crippen molar-refractivity contribution in [2.45, 2.75) is 6.92 Å². The Morgan fingerprint density at radius 2 is 1.82 bits per heavy atom. The van der Waals surface area contributed by atoms with Gasteiger partial charge in [-0.25, -0.2) is 4.79 Å². The second-order valence-electron chi connectivity index (χ2n) is 4.72. The van der Waals surface area contributed by atoms with Gasteiger partial charge < -0.3 is 15.4 Å². The predicted octanol–water partition coefficient (Wildman–Crippen LogP) is 2.22. The molecular formula is C17H18N2O3. The van der Waals surface area contributed by atoms with Gasteiger partial charge in [0.15, 0.2) is 0 Å². The van der Waals surface area contributed by atoms with E-state index < -0.39 is 11.9 Å². The number of hydrogen-bond donors (Lipinski definition) is 1. The van der Waals surface area contributed by atoms with Crippen molar-refractivity contribution in [2.75, 3.05) is 18.0 Å². The summed E-state index contributed by atoms with van der Waals surface area (Å²) in [7, 11) is 0. The third kappa shape index (κ3) is 4.09. The first-order valence-corrected chi connectivity index (χ1v) is 7.00. The summed E-state index contributed by atoms with van der Waals surface area (Å²) in [6.07, 6.45) is 0. The number of primary amides is 1. The number of nitrogens with two attached hydrogens (primary N) is 1. The van der Waals surface area contributed by atoms with Gasteiger partial charge in [0.05, 0.1) is 0 Å². The van der Waals surface area contributed by atoms with Crippen LogP contribution in [0, 0.1) is 0 Å². The van der Waals surface area contributed by atoms with Crippen LogP contribution >= 0.6 is 0 Å². The summed E-state index contributed by atoms with van der Waals surface area (Å²) in [4.78, 5) is 25.1. The molecule has 0 aliphatic heterocycles. The van der Waals surface area contributed by atoms with Gasteiger partial charge in [0.25, 0.3) is 0 Å². The van der Waals surface area contributed by atoms with Crippen molar-refractivity contribution >= 4 is 17.6 Å². The predicted molar refractivity (Wildman–Crippen MR) is 84.9 cm³/mol. The minimum Gasteiger partial charge on any atom is -0.425 e. The molecule has 22 heavy (non-hydrogen) atoms. The zero-order chi connectivity index (χ0) is 15.9. The fourth-order valence-corrected chi connectivity index (χ4v) is 2.06. The number of carbonyl (C=O) groups excluding carboxylic acids is 2. The molecule has 0 heterocycles. The Morgan fingerprint density at radius 3 is 2.45 bits per heavy atom. The normalized spacial score (nSPS) is 10.0. The van der Waals surface area contributed by atoms with Crippen LogP contribution in [0.4, 0.5) is 5.69 Å². The van der Waals surface area contributed by atoms with E-state index in [1.807, 2.05) is 42.2 Å². The van der Waals surface area contributed by atoms with E-state index in [-0.39, 0.29) is 6.54 Å². The average molecular weight is 298 g/mol. The number of amides is 1. The molecule has 0 saturated carbocycles.